The van der Waals surface area contributed by atoms with Crippen molar-refractivity contribution in [1.29, 1.82) is 0 Å². The van der Waals surface area contributed by atoms with Crippen molar-refractivity contribution in [2.24, 2.45) is 0 Å². The molecule has 0 spiro atoms. The first-order valence-corrected chi connectivity index (χ1v) is 5.61. The minimum absolute atomic E-state index is 0.141. The van der Waals surface area contributed by atoms with E-state index in [9.17, 15) is 0 Å². The molecule has 1 aromatic rings. The van der Waals surface area contributed by atoms with Gasteiger partial charge >= 0.3 is 0 Å². The Morgan fingerprint density at radius 1 is 1.60 bits per heavy atom. The first-order valence-electron chi connectivity index (χ1n) is 4.44. The summed E-state index contributed by atoms with van der Waals surface area (Å²) in [5.41, 5.74) is 1.05. The van der Waals surface area contributed by atoms with E-state index in [0.29, 0.717) is 11.4 Å². The molecule has 2 rings (SSSR count). The molecule has 78 valence electrons. The molecular formula is C11H8BrClO2. The Labute approximate surface area is 101 Å². The SMILES string of the molecule is OCC#CC1Cc2cc(Cl)cc(Br)c2O1. The highest BCUT2D eigenvalue weighted by Gasteiger charge is 2.23. The molecule has 1 aliphatic heterocycles. The molecule has 0 aromatic heterocycles. The van der Waals surface area contributed by atoms with Gasteiger partial charge in [0.25, 0.3) is 0 Å². The lowest BCUT2D eigenvalue weighted by Crippen LogP contribution is -2.09. The lowest BCUT2D eigenvalue weighted by atomic mass is 10.1. The van der Waals surface area contributed by atoms with Gasteiger partial charge in [-0.3, -0.25) is 0 Å². The normalized spacial score (nSPS) is 17.7. The van der Waals surface area contributed by atoms with Gasteiger partial charge in [0.05, 0.1) is 4.47 Å². The van der Waals surface area contributed by atoms with Gasteiger partial charge in [0.1, 0.15) is 12.4 Å². The van der Waals surface area contributed by atoms with Gasteiger partial charge < -0.3 is 9.84 Å². The molecule has 1 N–H and O–H groups in total. The number of aliphatic hydroxyl groups is 1. The first kappa shape index (κ1) is 10.8. The van der Waals surface area contributed by atoms with Crippen LogP contribution < -0.4 is 4.74 Å². The molecule has 15 heavy (non-hydrogen) atoms. The molecule has 1 aliphatic rings. The van der Waals surface area contributed by atoms with Crippen LogP contribution in [0.2, 0.25) is 5.02 Å². The largest absolute Gasteiger partial charge is 0.476 e. The Hall–Kier alpha value is -0.690. The van der Waals surface area contributed by atoms with Crippen molar-refractivity contribution in [1.82, 2.24) is 0 Å². The molecule has 4 heteroatoms. The second-order valence-corrected chi connectivity index (χ2v) is 4.46. The second-order valence-electron chi connectivity index (χ2n) is 3.17. The van der Waals surface area contributed by atoms with Crippen LogP contribution in [-0.2, 0) is 6.42 Å². The summed E-state index contributed by atoms with van der Waals surface area (Å²) in [6, 6.07) is 3.67. The zero-order valence-corrected chi connectivity index (χ0v) is 10.1. The van der Waals surface area contributed by atoms with Gasteiger partial charge in [0, 0.05) is 17.0 Å². The van der Waals surface area contributed by atoms with Gasteiger partial charge in [0.2, 0.25) is 0 Å². The van der Waals surface area contributed by atoms with Crippen LogP contribution in [0.1, 0.15) is 5.56 Å². The molecule has 0 fully saturated rings. The van der Waals surface area contributed by atoms with E-state index in [2.05, 4.69) is 27.8 Å². The lowest BCUT2D eigenvalue weighted by Gasteiger charge is -2.04. The zero-order chi connectivity index (χ0) is 10.8. The third kappa shape index (κ3) is 2.28. The Kier molecular flexibility index (Phi) is 3.20. The van der Waals surface area contributed by atoms with E-state index in [4.69, 9.17) is 21.4 Å². The van der Waals surface area contributed by atoms with Crippen molar-refractivity contribution in [3.63, 3.8) is 0 Å². The molecule has 0 radical (unpaired) electrons. The van der Waals surface area contributed by atoms with Gasteiger partial charge in [-0.05, 0) is 28.1 Å². The predicted octanol–water partition coefficient (Wildman–Crippen LogP) is 2.40. The Morgan fingerprint density at radius 2 is 2.40 bits per heavy atom. The fraction of sp³-hybridized carbons (Fsp3) is 0.273. The quantitative estimate of drug-likeness (QED) is 0.743. The van der Waals surface area contributed by atoms with E-state index in [0.717, 1.165) is 15.8 Å². The molecule has 0 saturated carbocycles. The van der Waals surface area contributed by atoms with Crippen LogP contribution in [0.15, 0.2) is 16.6 Å². The van der Waals surface area contributed by atoms with Crippen LogP contribution in [0.5, 0.6) is 5.75 Å². The summed E-state index contributed by atoms with van der Waals surface area (Å²) in [4.78, 5) is 0. The molecule has 0 aliphatic carbocycles. The van der Waals surface area contributed by atoms with Crippen LogP contribution >= 0.6 is 27.5 Å². The van der Waals surface area contributed by atoms with E-state index in [-0.39, 0.29) is 12.7 Å². The summed E-state index contributed by atoms with van der Waals surface area (Å²) in [6.07, 6.45) is 0.531. The second kappa shape index (κ2) is 4.44. The van der Waals surface area contributed by atoms with Crippen LogP contribution in [0, 0.1) is 11.8 Å². The average molecular weight is 288 g/mol. The minimum atomic E-state index is -0.179. The average Bonchev–Trinajstić information content (AvgIpc) is 2.57. The Morgan fingerprint density at radius 3 is 3.13 bits per heavy atom. The third-order valence-electron chi connectivity index (χ3n) is 2.09. The number of hydrogen-bond donors (Lipinski definition) is 1. The monoisotopic (exact) mass is 286 g/mol. The van der Waals surface area contributed by atoms with Crippen molar-refractivity contribution >= 4 is 27.5 Å². The van der Waals surface area contributed by atoms with E-state index in [1.807, 2.05) is 6.07 Å². The summed E-state index contributed by atoms with van der Waals surface area (Å²) < 4.78 is 6.45. The summed E-state index contributed by atoms with van der Waals surface area (Å²) >= 11 is 9.31. The van der Waals surface area contributed by atoms with Crippen molar-refractivity contribution in [2.75, 3.05) is 6.61 Å². The van der Waals surface area contributed by atoms with Crippen molar-refractivity contribution in [2.45, 2.75) is 12.5 Å². The number of hydrogen-bond acceptors (Lipinski definition) is 2. The topological polar surface area (TPSA) is 29.5 Å². The van der Waals surface area contributed by atoms with Crippen LogP contribution in [0.3, 0.4) is 0 Å². The van der Waals surface area contributed by atoms with Gasteiger partial charge in [-0.2, -0.15) is 0 Å². The molecular weight excluding hydrogens is 279 g/mol. The number of ether oxygens (including phenoxy) is 1. The van der Waals surface area contributed by atoms with Gasteiger partial charge in [-0.15, -0.1) is 0 Å². The standard InChI is InChI=1S/C11H8BrClO2/c12-10-6-8(13)4-7-5-9(2-1-3-14)15-11(7)10/h4,6,9,14H,3,5H2. The smallest absolute Gasteiger partial charge is 0.163 e. The maximum atomic E-state index is 8.58. The summed E-state index contributed by atoms with van der Waals surface area (Å²) in [5, 5.41) is 9.26. The third-order valence-corrected chi connectivity index (χ3v) is 2.90. The highest BCUT2D eigenvalue weighted by Crippen LogP contribution is 2.38. The summed E-state index contributed by atoms with van der Waals surface area (Å²) in [7, 11) is 0. The molecule has 1 aromatic carbocycles. The Balaban J connectivity index is 2.27. The van der Waals surface area contributed by atoms with Crippen LogP contribution in [-0.4, -0.2) is 17.8 Å². The Bertz CT molecular complexity index is 448. The number of benzene rings is 1. The molecule has 0 saturated heterocycles. The number of aliphatic hydroxyl groups excluding tert-OH is 1. The molecule has 0 bridgehead atoms. The molecule has 1 unspecified atom stereocenters. The van der Waals surface area contributed by atoms with E-state index < -0.39 is 0 Å². The first-order chi connectivity index (χ1) is 7.20. The highest BCUT2D eigenvalue weighted by atomic mass is 79.9. The van der Waals surface area contributed by atoms with Crippen LogP contribution in [0.25, 0.3) is 0 Å². The molecule has 2 nitrogen and oxygen atoms in total. The van der Waals surface area contributed by atoms with E-state index in [1.54, 1.807) is 6.07 Å². The van der Waals surface area contributed by atoms with Gasteiger partial charge in [-0.1, -0.05) is 23.4 Å². The lowest BCUT2D eigenvalue weighted by molar-refractivity contribution is 0.290. The van der Waals surface area contributed by atoms with Crippen LogP contribution in [0.4, 0.5) is 0 Å². The minimum Gasteiger partial charge on any atom is -0.476 e. The predicted molar refractivity (Wildman–Crippen MR) is 62.1 cm³/mol. The fourth-order valence-corrected chi connectivity index (χ4v) is 2.49. The number of halogens is 2. The number of fused-ring (bicyclic) bond motifs is 1. The van der Waals surface area contributed by atoms with Gasteiger partial charge in [0.15, 0.2) is 6.10 Å². The van der Waals surface area contributed by atoms with Crippen molar-refractivity contribution in [3.05, 3.63) is 27.2 Å². The maximum absolute atomic E-state index is 8.58. The van der Waals surface area contributed by atoms with E-state index in [1.165, 1.54) is 0 Å². The maximum Gasteiger partial charge on any atom is 0.163 e. The molecule has 0 amide bonds. The van der Waals surface area contributed by atoms with E-state index >= 15 is 0 Å². The summed E-state index contributed by atoms with van der Waals surface area (Å²) in [6.45, 7) is -0.141. The molecule has 1 heterocycles. The van der Waals surface area contributed by atoms with Crippen molar-refractivity contribution in [3.8, 4) is 17.6 Å². The molecule has 1 atom stereocenters. The summed E-state index contributed by atoms with van der Waals surface area (Å²) in [5.74, 6) is 6.23. The van der Waals surface area contributed by atoms with Gasteiger partial charge in [-0.25, -0.2) is 0 Å². The van der Waals surface area contributed by atoms with Crippen molar-refractivity contribution < 1.29 is 9.84 Å². The zero-order valence-electron chi connectivity index (χ0n) is 7.76. The number of rotatable bonds is 0. The fourth-order valence-electron chi connectivity index (χ4n) is 1.52. The highest BCUT2D eigenvalue weighted by molar-refractivity contribution is 9.10.